The molecule has 0 aliphatic carbocycles. The van der Waals surface area contributed by atoms with Crippen LogP contribution in [0.1, 0.15) is 43.6 Å². The van der Waals surface area contributed by atoms with Crippen LogP contribution in [-0.4, -0.2) is 35.1 Å². The van der Waals surface area contributed by atoms with Gasteiger partial charge in [-0.1, -0.05) is 12.1 Å². The zero-order chi connectivity index (χ0) is 16.8. The van der Waals surface area contributed by atoms with Crippen molar-refractivity contribution in [2.75, 3.05) is 11.9 Å². The normalized spacial score (nSPS) is 16.6. The molecule has 0 fully saturated rings. The third kappa shape index (κ3) is 2.05. The van der Waals surface area contributed by atoms with Gasteiger partial charge in [-0.3, -0.25) is 19.3 Å². The highest BCUT2D eigenvalue weighted by Crippen LogP contribution is 2.27. The van der Waals surface area contributed by atoms with Crippen molar-refractivity contribution in [3.05, 3.63) is 64.7 Å². The average Bonchev–Trinajstić information content (AvgIpc) is 3.17. The molecule has 2 aromatic rings. The van der Waals surface area contributed by atoms with Crippen LogP contribution in [-0.2, 0) is 6.42 Å². The van der Waals surface area contributed by atoms with E-state index < -0.39 is 17.9 Å². The SMILES string of the molecule is CC(C(=O)c1ccc2c(c1)CCN2)N1C(=O)c2ccccc2C1=O. The highest BCUT2D eigenvalue weighted by Gasteiger charge is 2.40. The maximum absolute atomic E-state index is 12.8. The van der Waals surface area contributed by atoms with E-state index in [4.69, 9.17) is 0 Å². The molecule has 0 spiro atoms. The molecule has 1 unspecified atom stereocenters. The molecule has 0 saturated carbocycles. The molecule has 2 aliphatic heterocycles. The Morgan fingerprint density at radius 1 is 1.08 bits per heavy atom. The van der Waals surface area contributed by atoms with E-state index in [1.807, 2.05) is 12.1 Å². The number of nitrogens with one attached hydrogen (secondary N) is 1. The van der Waals surface area contributed by atoms with E-state index in [1.54, 1.807) is 37.3 Å². The molecule has 2 aliphatic rings. The lowest BCUT2D eigenvalue weighted by atomic mass is 10.0. The van der Waals surface area contributed by atoms with Gasteiger partial charge >= 0.3 is 0 Å². The number of rotatable bonds is 3. The van der Waals surface area contributed by atoms with Gasteiger partial charge in [-0.25, -0.2) is 0 Å². The van der Waals surface area contributed by atoms with E-state index >= 15 is 0 Å². The summed E-state index contributed by atoms with van der Waals surface area (Å²) in [5, 5.41) is 3.25. The van der Waals surface area contributed by atoms with Crippen molar-refractivity contribution in [1.82, 2.24) is 4.90 Å². The van der Waals surface area contributed by atoms with Gasteiger partial charge in [0.1, 0.15) is 6.04 Å². The van der Waals surface area contributed by atoms with Crippen LogP contribution >= 0.6 is 0 Å². The van der Waals surface area contributed by atoms with Gasteiger partial charge in [0.25, 0.3) is 11.8 Å². The zero-order valence-corrected chi connectivity index (χ0v) is 13.2. The standard InChI is InChI=1S/C19H16N2O3/c1-11(17(22)13-6-7-16-12(10-13)8-9-20-16)21-18(23)14-4-2-3-5-15(14)19(21)24/h2-7,10-11,20H,8-9H2,1H3. The molecule has 4 rings (SSSR count). The number of fused-ring (bicyclic) bond motifs is 2. The Morgan fingerprint density at radius 2 is 1.75 bits per heavy atom. The Hall–Kier alpha value is -2.95. The Kier molecular flexibility index (Phi) is 3.23. The second-order valence-corrected chi connectivity index (χ2v) is 6.11. The molecule has 0 saturated heterocycles. The monoisotopic (exact) mass is 320 g/mol. The van der Waals surface area contributed by atoms with Gasteiger partial charge in [0.15, 0.2) is 5.78 Å². The van der Waals surface area contributed by atoms with E-state index in [-0.39, 0.29) is 5.78 Å². The van der Waals surface area contributed by atoms with Gasteiger partial charge in [-0.15, -0.1) is 0 Å². The van der Waals surface area contributed by atoms with Crippen LogP contribution in [0.3, 0.4) is 0 Å². The number of imide groups is 1. The van der Waals surface area contributed by atoms with Crippen molar-refractivity contribution >= 4 is 23.3 Å². The summed E-state index contributed by atoms with van der Waals surface area (Å²) in [6.45, 7) is 2.47. The fourth-order valence-corrected chi connectivity index (χ4v) is 3.38. The molecule has 1 N–H and O–H groups in total. The van der Waals surface area contributed by atoms with Crippen molar-refractivity contribution in [3.8, 4) is 0 Å². The van der Waals surface area contributed by atoms with E-state index in [2.05, 4.69) is 5.32 Å². The number of carbonyl (C=O) groups is 3. The van der Waals surface area contributed by atoms with Crippen LogP contribution in [0, 0.1) is 0 Å². The summed E-state index contributed by atoms with van der Waals surface area (Å²) in [7, 11) is 0. The predicted octanol–water partition coefficient (Wildman–Crippen LogP) is 2.52. The second kappa shape index (κ2) is 5.30. The number of Topliss-reactive ketones (excluding diaryl/α,β-unsaturated/α-hetero) is 1. The van der Waals surface area contributed by atoms with Crippen molar-refractivity contribution in [1.29, 1.82) is 0 Å². The van der Waals surface area contributed by atoms with Gasteiger partial charge in [0.2, 0.25) is 0 Å². The minimum absolute atomic E-state index is 0.223. The Morgan fingerprint density at radius 3 is 2.42 bits per heavy atom. The van der Waals surface area contributed by atoms with E-state index in [9.17, 15) is 14.4 Å². The third-order valence-electron chi connectivity index (χ3n) is 4.69. The number of hydrogen-bond acceptors (Lipinski definition) is 4. The lowest BCUT2D eigenvalue weighted by Crippen LogP contribution is -2.42. The highest BCUT2D eigenvalue weighted by molar-refractivity contribution is 6.23. The molecule has 5 nitrogen and oxygen atoms in total. The first-order valence-corrected chi connectivity index (χ1v) is 7.96. The minimum atomic E-state index is -0.829. The number of carbonyl (C=O) groups excluding carboxylic acids is 3. The fraction of sp³-hybridized carbons (Fsp3) is 0.211. The summed E-state index contributed by atoms with van der Waals surface area (Å²) >= 11 is 0. The number of benzene rings is 2. The first kappa shape index (κ1) is 14.6. The summed E-state index contributed by atoms with van der Waals surface area (Å²) < 4.78 is 0. The Bertz CT molecular complexity index is 853. The van der Waals surface area contributed by atoms with E-state index in [1.165, 1.54) is 0 Å². The molecule has 0 aromatic heterocycles. The van der Waals surface area contributed by atoms with Gasteiger partial charge in [0, 0.05) is 17.8 Å². The first-order valence-electron chi connectivity index (χ1n) is 7.96. The van der Waals surface area contributed by atoms with Crippen LogP contribution in [0.2, 0.25) is 0 Å². The number of anilines is 1. The minimum Gasteiger partial charge on any atom is -0.384 e. The highest BCUT2D eigenvalue weighted by atomic mass is 16.2. The lowest BCUT2D eigenvalue weighted by Gasteiger charge is -2.21. The third-order valence-corrected chi connectivity index (χ3v) is 4.69. The number of nitrogens with zero attached hydrogens (tertiary/aromatic N) is 1. The summed E-state index contributed by atoms with van der Waals surface area (Å²) in [5.74, 6) is -1.03. The van der Waals surface area contributed by atoms with Gasteiger partial charge in [-0.2, -0.15) is 0 Å². The predicted molar refractivity (Wildman–Crippen MR) is 89.4 cm³/mol. The molecule has 2 amide bonds. The molecule has 2 aromatic carbocycles. The van der Waals surface area contributed by atoms with Crippen LogP contribution < -0.4 is 5.32 Å². The molecular weight excluding hydrogens is 304 g/mol. The molecular formula is C19H16N2O3. The summed E-state index contributed by atoms with van der Waals surface area (Å²) in [6, 6.07) is 11.3. The van der Waals surface area contributed by atoms with Gasteiger partial charge in [0.05, 0.1) is 11.1 Å². The number of hydrogen-bond donors (Lipinski definition) is 1. The van der Waals surface area contributed by atoms with Crippen LogP contribution in [0.4, 0.5) is 5.69 Å². The van der Waals surface area contributed by atoms with Crippen LogP contribution in [0.15, 0.2) is 42.5 Å². The van der Waals surface area contributed by atoms with E-state index in [0.717, 1.165) is 29.1 Å². The molecule has 0 radical (unpaired) electrons. The Balaban J connectivity index is 1.65. The molecule has 1 atom stereocenters. The Labute approximate surface area is 139 Å². The first-order chi connectivity index (χ1) is 11.6. The van der Waals surface area contributed by atoms with Gasteiger partial charge < -0.3 is 5.32 Å². The maximum atomic E-state index is 12.8. The molecule has 120 valence electrons. The molecule has 5 heteroatoms. The molecule has 2 heterocycles. The van der Waals surface area contributed by atoms with E-state index in [0.29, 0.717) is 16.7 Å². The average molecular weight is 320 g/mol. The molecule has 0 bridgehead atoms. The van der Waals surface area contributed by atoms with Crippen molar-refractivity contribution in [2.24, 2.45) is 0 Å². The van der Waals surface area contributed by atoms with Crippen LogP contribution in [0.5, 0.6) is 0 Å². The summed E-state index contributed by atoms with van der Waals surface area (Å²) in [4.78, 5) is 38.9. The largest absolute Gasteiger partial charge is 0.384 e. The zero-order valence-electron chi connectivity index (χ0n) is 13.2. The smallest absolute Gasteiger partial charge is 0.262 e. The number of amides is 2. The summed E-state index contributed by atoms with van der Waals surface area (Å²) in [5.41, 5.74) is 3.39. The quantitative estimate of drug-likeness (QED) is 0.697. The lowest BCUT2D eigenvalue weighted by molar-refractivity contribution is 0.0555. The second-order valence-electron chi connectivity index (χ2n) is 6.11. The van der Waals surface area contributed by atoms with Crippen molar-refractivity contribution in [2.45, 2.75) is 19.4 Å². The summed E-state index contributed by atoms with van der Waals surface area (Å²) in [6.07, 6.45) is 0.873. The number of ketones is 1. The maximum Gasteiger partial charge on any atom is 0.262 e. The van der Waals surface area contributed by atoms with Crippen LogP contribution in [0.25, 0.3) is 0 Å². The van der Waals surface area contributed by atoms with Gasteiger partial charge in [-0.05, 0) is 49.2 Å². The van der Waals surface area contributed by atoms with Crippen molar-refractivity contribution in [3.63, 3.8) is 0 Å². The topological polar surface area (TPSA) is 66.5 Å². The van der Waals surface area contributed by atoms with Crippen molar-refractivity contribution < 1.29 is 14.4 Å². The molecule has 24 heavy (non-hydrogen) atoms. The fourth-order valence-electron chi connectivity index (χ4n) is 3.38.